The van der Waals surface area contributed by atoms with Crippen molar-refractivity contribution < 1.29 is 9.47 Å². The van der Waals surface area contributed by atoms with Gasteiger partial charge in [-0.3, -0.25) is 0 Å². The number of hydrogen-bond acceptors (Lipinski definition) is 3. The van der Waals surface area contributed by atoms with Gasteiger partial charge in [0.05, 0.1) is 6.61 Å². The van der Waals surface area contributed by atoms with E-state index in [0.29, 0.717) is 13.2 Å². The van der Waals surface area contributed by atoms with Crippen LogP contribution in [0.2, 0.25) is 0 Å². The van der Waals surface area contributed by atoms with Gasteiger partial charge in [0.15, 0.2) is 0 Å². The van der Waals surface area contributed by atoms with Gasteiger partial charge in [-0.1, -0.05) is 20.8 Å². The van der Waals surface area contributed by atoms with Crippen LogP contribution >= 0.6 is 0 Å². The third-order valence-corrected chi connectivity index (χ3v) is 2.68. The van der Waals surface area contributed by atoms with Gasteiger partial charge in [-0.25, -0.2) is 0 Å². The highest BCUT2D eigenvalue weighted by Gasteiger charge is 2.20. The molecule has 3 nitrogen and oxygen atoms in total. The Morgan fingerprint density at radius 2 is 1.53 bits per heavy atom. The second-order valence-corrected chi connectivity index (χ2v) is 5.19. The zero-order chi connectivity index (χ0) is 12.9. The summed E-state index contributed by atoms with van der Waals surface area (Å²) in [4.78, 5) is 0. The second-order valence-electron chi connectivity index (χ2n) is 5.19. The van der Waals surface area contributed by atoms with Crippen molar-refractivity contribution in [2.75, 3.05) is 13.2 Å². The summed E-state index contributed by atoms with van der Waals surface area (Å²) in [6.07, 6.45) is 0. The first-order valence-electron chi connectivity index (χ1n) is 6.04. The van der Waals surface area contributed by atoms with E-state index < -0.39 is 0 Å². The Hall–Kier alpha value is -1.22. The molecule has 0 saturated heterocycles. The van der Waals surface area contributed by atoms with Crippen LogP contribution in [-0.4, -0.2) is 19.3 Å². The van der Waals surface area contributed by atoms with Crippen molar-refractivity contribution in [2.24, 2.45) is 11.1 Å². The van der Waals surface area contributed by atoms with Crippen molar-refractivity contribution >= 4 is 0 Å². The molecule has 0 aliphatic rings. The Bertz CT molecular complexity index is 327. The zero-order valence-electron chi connectivity index (χ0n) is 11.2. The Morgan fingerprint density at radius 3 is 1.94 bits per heavy atom. The van der Waals surface area contributed by atoms with Crippen LogP contribution in [0.5, 0.6) is 11.5 Å². The number of ether oxygens (including phenoxy) is 2. The molecule has 0 saturated carbocycles. The molecule has 0 radical (unpaired) electrons. The van der Waals surface area contributed by atoms with E-state index in [1.165, 1.54) is 0 Å². The molecule has 0 aliphatic carbocycles. The van der Waals surface area contributed by atoms with Crippen molar-refractivity contribution in [1.82, 2.24) is 0 Å². The molecule has 1 aromatic carbocycles. The predicted octanol–water partition coefficient (Wildman–Crippen LogP) is 2.84. The topological polar surface area (TPSA) is 44.5 Å². The van der Waals surface area contributed by atoms with Crippen LogP contribution in [-0.2, 0) is 0 Å². The predicted molar refractivity (Wildman–Crippen MR) is 70.5 cm³/mol. The van der Waals surface area contributed by atoms with Crippen molar-refractivity contribution in [3.63, 3.8) is 0 Å². The third kappa shape index (κ3) is 4.65. The molecule has 0 aliphatic heterocycles. The molecular weight excluding hydrogens is 214 g/mol. The van der Waals surface area contributed by atoms with Gasteiger partial charge in [-0.15, -0.1) is 0 Å². The van der Waals surface area contributed by atoms with Crippen molar-refractivity contribution in [3.8, 4) is 11.5 Å². The third-order valence-electron chi connectivity index (χ3n) is 2.68. The largest absolute Gasteiger partial charge is 0.494 e. The van der Waals surface area contributed by atoms with Gasteiger partial charge in [0, 0.05) is 6.04 Å². The summed E-state index contributed by atoms with van der Waals surface area (Å²) < 4.78 is 11.0. The minimum atomic E-state index is 0.0223. The maximum Gasteiger partial charge on any atom is 0.119 e. The summed E-state index contributed by atoms with van der Waals surface area (Å²) >= 11 is 0. The summed E-state index contributed by atoms with van der Waals surface area (Å²) in [5.74, 6) is 1.69. The van der Waals surface area contributed by atoms with Crippen LogP contribution in [0.25, 0.3) is 0 Å². The monoisotopic (exact) mass is 237 g/mol. The molecule has 1 aromatic rings. The first kappa shape index (κ1) is 13.8. The van der Waals surface area contributed by atoms with Crippen LogP contribution in [0.3, 0.4) is 0 Å². The number of rotatable bonds is 5. The quantitative estimate of drug-likeness (QED) is 0.856. The average Bonchev–Trinajstić information content (AvgIpc) is 2.27. The zero-order valence-corrected chi connectivity index (χ0v) is 11.2. The first-order chi connectivity index (χ1) is 7.93. The average molecular weight is 237 g/mol. The fourth-order valence-corrected chi connectivity index (χ4v) is 1.23. The molecule has 1 rings (SSSR count). The molecule has 0 aromatic heterocycles. The van der Waals surface area contributed by atoms with Gasteiger partial charge in [0.1, 0.15) is 18.1 Å². The molecule has 1 unspecified atom stereocenters. The van der Waals surface area contributed by atoms with Crippen LogP contribution in [0.4, 0.5) is 0 Å². The SMILES string of the molecule is CCOc1ccc(OCC(N)C(C)(C)C)cc1. The van der Waals surface area contributed by atoms with Gasteiger partial charge in [-0.2, -0.15) is 0 Å². The van der Waals surface area contributed by atoms with Crippen molar-refractivity contribution in [3.05, 3.63) is 24.3 Å². The lowest BCUT2D eigenvalue weighted by atomic mass is 9.88. The fourth-order valence-electron chi connectivity index (χ4n) is 1.23. The normalized spacial score (nSPS) is 13.2. The minimum absolute atomic E-state index is 0.0223. The van der Waals surface area contributed by atoms with E-state index in [0.717, 1.165) is 11.5 Å². The Balaban J connectivity index is 2.47. The smallest absolute Gasteiger partial charge is 0.119 e. The van der Waals surface area contributed by atoms with E-state index in [4.69, 9.17) is 15.2 Å². The molecular formula is C14H23NO2. The molecule has 0 fully saturated rings. The molecule has 1 atom stereocenters. The summed E-state index contributed by atoms with van der Waals surface area (Å²) in [6.45, 7) is 9.50. The van der Waals surface area contributed by atoms with E-state index in [9.17, 15) is 0 Å². The minimum Gasteiger partial charge on any atom is -0.494 e. The van der Waals surface area contributed by atoms with E-state index in [2.05, 4.69) is 20.8 Å². The Labute approximate surface area is 104 Å². The molecule has 3 heteroatoms. The van der Waals surface area contributed by atoms with Gasteiger partial charge in [-0.05, 0) is 36.6 Å². The summed E-state index contributed by atoms with van der Waals surface area (Å²) in [5.41, 5.74) is 6.09. The van der Waals surface area contributed by atoms with Crippen molar-refractivity contribution in [2.45, 2.75) is 33.7 Å². The number of nitrogens with two attached hydrogens (primary N) is 1. The molecule has 0 bridgehead atoms. The van der Waals surface area contributed by atoms with Gasteiger partial charge in [0.25, 0.3) is 0 Å². The van der Waals surface area contributed by atoms with E-state index in [1.807, 2.05) is 31.2 Å². The highest BCUT2D eigenvalue weighted by atomic mass is 16.5. The van der Waals surface area contributed by atoms with Crippen LogP contribution in [0.1, 0.15) is 27.7 Å². The maximum absolute atomic E-state index is 6.03. The number of hydrogen-bond donors (Lipinski definition) is 1. The summed E-state index contributed by atoms with van der Waals surface area (Å²) in [7, 11) is 0. The molecule has 0 amide bonds. The molecule has 0 heterocycles. The molecule has 96 valence electrons. The lowest BCUT2D eigenvalue weighted by molar-refractivity contribution is 0.205. The fraction of sp³-hybridized carbons (Fsp3) is 0.571. The Morgan fingerprint density at radius 1 is 1.06 bits per heavy atom. The second kappa shape index (κ2) is 5.92. The van der Waals surface area contributed by atoms with Crippen molar-refractivity contribution in [1.29, 1.82) is 0 Å². The van der Waals surface area contributed by atoms with Crippen LogP contribution in [0, 0.1) is 5.41 Å². The van der Waals surface area contributed by atoms with E-state index in [-0.39, 0.29) is 11.5 Å². The molecule has 0 spiro atoms. The van der Waals surface area contributed by atoms with Gasteiger partial charge >= 0.3 is 0 Å². The number of benzene rings is 1. The summed E-state index contributed by atoms with van der Waals surface area (Å²) in [5, 5.41) is 0. The molecule has 17 heavy (non-hydrogen) atoms. The maximum atomic E-state index is 6.03. The molecule has 2 N–H and O–H groups in total. The highest BCUT2D eigenvalue weighted by molar-refractivity contribution is 5.31. The van der Waals surface area contributed by atoms with E-state index in [1.54, 1.807) is 0 Å². The van der Waals surface area contributed by atoms with Crippen LogP contribution < -0.4 is 15.2 Å². The van der Waals surface area contributed by atoms with E-state index >= 15 is 0 Å². The highest BCUT2D eigenvalue weighted by Crippen LogP contribution is 2.20. The lowest BCUT2D eigenvalue weighted by Gasteiger charge is -2.26. The lowest BCUT2D eigenvalue weighted by Crippen LogP contribution is -2.40. The standard InChI is InChI=1S/C14H23NO2/c1-5-16-11-6-8-12(9-7-11)17-10-13(15)14(2,3)4/h6-9,13H,5,10,15H2,1-4H3. The van der Waals surface area contributed by atoms with Gasteiger partial charge in [0.2, 0.25) is 0 Å². The first-order valence-corrected chi connectivity index (χ1v) is 6.04. The Kier molecular flexibility index (Phi) is 4.82. The van der Waals surface area contributed by atoms with Crippen LogP contribution in [0.15, 0.2) is 24.3 Å². The summed E-state index contributed by atoms with van der Waals surface area (Å²) in [6, 6.07) is 7.64. The van der Waals surface area contributed by atoms with Gasteiger partial charge < -0.3 is 15.2 Å².